The molecule has 1 aromatic rings. The number of Topliss-reactive ketones (excluding diaryl/α,β-unsaturated/α-hetero) is 1. The molecular weight excluding hydrogens is 239 g/mol. The maximum absolute atomic E-state index is 13.5. The van der Waals surface area contributed by atoms with Crippen molar-refractivity contribution in [3.8, 4) is 0 Å². The molecule has 0 radical (unpaired) electrons. The van der Waals surface area contributed by atoms with Gasteiger partial charge in [-0.15, -0.1) is 0 Å². The van der Waals surface area contributed by atoms with Crippen LogP contribution in [-0.4, -0.2) is 5.78 Å². The average molecular weight is 253 g/mol. The molecule has 2 aliphatic rings. The first-order valence-electron chi connectivity index (χ1n) is 6.10. The van der Waals surface area contributed by atoms with Crippen molar-refractivity contribution in [3.05, 3.63) is 34.6 Å². The molecule has 17 heavy (non-hydrogen) atoms. The van der Waals surface area contributed by atoms with Gasteiger partial charge in [-0.05, 0) is 43.2 Å². The van der Waals surface area contributed by atoms with Crippen molar-refractivity contribution in [3.63, 3.8) is 0 Å². The van der Waals surface area contributed by atoms with Crippen molar-refractivity contribution in [2.75, 3.05) is 0 Å². The topological polar surface area (TPSA) is 17.1 Å². The predicted octanol–water partition coefficient (Wildman–Crippen LogP) is 3.64. The number of carbonyl (C=O) groups is 1. The van der Waals surface area contributed by atoms with Crippen LogP contribution < -0.4 is 0 Å². The Kier molecular flexibility index (Phi) is 2.70. The van der Waals surface area contributed by atoms with Gasteiger partial charge in [0.05, 0.1) is 0 Å². The zero-order chi connectivity index (χ0) is 12.0. The number of ketones is 1. The molecule has 0 heterocycles. The molecule has 0 amide bonds. The van der Waals surface area contributed by atoms with Gasteiger partial charge in [-0.25, -0.2) is 4.39 Å². The van der Waals surface area contributed by atoms with Gasteiger partial charge in [-0.1, -0.05) is 17.7 Å². The van der Waals surface area contributed by atoms with Crippen molar-refractivity contribution < 1.29 is 9.18 Å². The lowest BCUT2D eigenvalue weighted by Crippen LogP contribution is -2.16. The molecule has 1 aromatic carbocycles. The molecule has 2 fully saturated rings. The van der Waals surface area contributed by atoms with Gasteiger partial charge in [-0.3, -0.25) is 4.79 Å². The van der Waals surface area contributed by atoms with Crippen LogP contribution in [0.5, 0.6) is 0 Å². The monoisotopic (exact) mass is 252 g/mol. The molecule has 0 N–H and O–H groups in total. The van der Waals surface area contributed by atoms with Gasteiger partial charge in [0.1, 0.15) is 11.6 Å². The van der Waals surface area contributed by atoms with Crippen molar-refractivity contribution in [1.82, 2.24) is 0 Å². The summed E-state index contributed by atoms with van der Waals surface area (Å²) < 4.78 is 13.5. The molecule has 2 unspecified atom stereocenters. The second-order valence-electron chi connectivity index (χ2n) is 5.27. The third-order valence-electron chi connectivity index (χ3n) is 4.11. The van der Waals surface area contributed by atoms with Gasteiger partial charge >= 0.3 is 0 Å². The lowest BCUT2D eigenvalue weighted by molar-refractivity contribution is -0.122. The quantitative estimate of drug-likeness (QED) is 0.803. The predicted molar refractivity (Wildman–Crippen MR) is 64.4 cm³/mol. The van der Waals surface area contributed by atoms with Crippen molar-refractivity contribution >= 4 is 17.4 Å². The second-order valence-corrected chi connectivity index (χ2v) is 5.67. The van der Waals surface area contributed by atoms with Gasteiger partial charge in [0, 0.05) is 22.9 Å². The van der Waals surface area contributed by atoms with Gasteiger partial charge < -0.3 is 0 Å². The SMILES string of the molecule is O=C(Cc1c(F)cccc1Cl)C1CC2CC2C1. The molecule has 0 bridgehead atoms. The number of halogens is 2. The summed E-state index contributed by atoms with van der Waals surface area (Å²) >= 11 is 5.93. The molecule has 0 aromatic heterocycles. The van der Waals surface area contributed by atoms with E-state index in [-0.39, 0.29) is 23.9 Å². The molecule has 90 valence electrons. The number of hydrogen-bond acceptors (Lipinski definition) is 1. The molecule has 0 aliphatic heterocycles. The summed E-state index contributed by atoms with van der Waals surface area (Å²) in [5, 5.41) is 0.363. The number of benzene rings is 1. The normalized spacial score (nSPS) is 30.1. The fourth-order valence-corrected chi connectivity index (χ4v) is 3.23. The van der Waals surface area contributed by atoms with Gasteiger partial charge in [-0.2, -0.15) is 0 Å². The van der Waals surface area contributed by atoms with Crippen molar-refractivity contribution in [2.24, 2.45) is 17.8 Å². The smallest absolute Gasteiger partial charge is 0.140 e. The van der Waals surface area contributed by atoms with E-state index in [9.17, 15) is 9.18 Å². The summed E-state index contributed by atoms with van der Waals surface area (Å²) in [5.41, 5.74) is 0.361. The zero-order valence-corrected chi connectivity index (χ0v) is 10.2. The van der Waals surface area contributed by atoms with E-state index >= 15 is 0 Å². The average Bonchev–Trinajstić information content (AvgIpc) is 2.91. The Morgan fingerprint density at radius 2 is 2.00 bits per heavy atom. The summed E-state index contributed by atoms with van der Waals surface area (Å²) in [6.07, 6.45) is 3.46. The van der Waals surface area contributed by atoms with Crippen LogP contribution in [0.1, 0.15) is 24.8 Å². The van der Waals surface area contributed by atoms with E-state index < -0.39 is 0 Å². The van der Waals surface area contributed by atoms with Crippen molar-refractivity contribution in [2.45, 2.75) is 25.7 Å². The van der Waals surface area contributed by atoms with Crippen LogP contribution in [-0.2, 0) is 11.2 Å². The Bertz CT molecular complexity index is 441. The molecule has 1 nitrogen and oxygen atoms in total. The highest BCUT2D eigenvalue weighted by atomic mass is 35.5. The molecule has 0 saturated heterocycles. The first-order chi connectivity index (χ1) is 8.15. The summed E-state index contributed by atoms with van der Waals surface area (Å²) in [6.45, 7) is 0. The summed E-state index contributed by atoms with van der Waals surface area (Å²) in [5.74, 6) is 1.49. The minimum absolute atomic E-state index is 0.148. The molecular formula is C14H14ClFO. The lowest BCUT2D eigenvalue weighted by atomic mass is 9.93. The van der Waals surface area contributed by atoms with Gasteiger partial charge in [0.25, 0.3) is 0 Å². The molecule has 2 atom stereocenters. The van der Waals surface area contributed by atoms with E-state index in [0.717, 1.165) is 24.7 Å². The molecule has 3 heteroatoms. The Morgan fingerprint density at radius 3 is 2.65 bits per heavy atom. The standard InChI is InChI=1S/C14H14ClFO/c15-12-2-1-3-13(16)11(12)7-14(17)10-5-8-4-9(8)6-10/h1-3,8-10H,4-7H2. The third-order valence-corrected chi connectivity index (χ3v) is 4.47. The molecule has 3 rings (SSSR count). The van der Waals surface area contributed by atoms with E-state index in [1.54, 1.807) is 12.1 Å². The van der Waals surface area contributed by atoms with E-state index in [0.29, 0.717) is 10.6 Å². The third kappa shape index (κ3) is 2.11. The lowest BCUT2D eigenvalue weighted by Gasteiger charge is -2.11. The number of hydrogen-bond donors (Lipinski definition) is 0. The highest BCUT2D eigenvalue weighted by Gasteiger charge is 2.47. The largest absolute Gasteiger partial charge is 0.299 e. The zero-order valence-electron chi connectivity index (χ0n) is 9.46. The number of rotatable bonds is 3. The maximum atomic E-state index is 13.5. The van der Waals surface area contributed by atoms with E-state index in [1.165, 1.54) is 12.5 Å². The van der Waals surface area contributed by atoms with E-state index in [4.69, 9.17) is 11.6 Å². The Balaban J connectivity index is 1.72. The fraction of sp³-hybridized carbons (Fsp3) is 0.500. The Labute approximate surface area is 105 Å². The van der Waals surface area contributed by atoms with Gasteiger partial charge in [0.15, 0.2) is 0 Å². The minimum Gasteiger partial charge on any atom is -0.299 e. The van der Waals surface area contributed by atoms with Gasteiger partial charge in [0.2, 0.25) is 0 Å². The van der Waals surface area contributed by atoms with Crippen LogP contribution >= 0.6 is 11.6 Å². The van der Waals surface area contributed by atoms with E-state index in [1.807, 2.05) is 0 Å². The summed E-state index contributed by atoms with van der Waals surface area (Å²) in [6, 6.07) is 4.57. The fourth-order valence-electron chi connectivity index (χ4n) is 3.00. The van der Waals surface area contributed by atoms with Crippen molar-refractivity contribution in [1.29, 1.82) is 0 Å². The molecule has 0 spiro atoms. The highest BCUT2D eigenvalue weighted by Crippen LogP contribution is 2.54. The summed E-state index contributed by atoms with van der Waals surface area (Å²) in [4.78, 5) is 12.1. The molecule has 2 aliphatic carbocycles. The van der Waals surface area contributed by atoms with Crippen LogP contribution in [0.4, 0.5) is 4.39 Å². The number of fused-ring (bicyclic) bond motifs is 1. The van der Waals surface area contributed by atoms with Crippen LogP contribution in [0.15, 0.2) is 18.2 Å². The minimum atomic E-state index is -0.367. The van der Waals surface area contributed by atoms with Crippen LogP contribution in [0, 0.1) is 23.6 Å². The Hall–Kier alpha value is -0.890. The molecule has 2 saturated carbocycles. The first-order valence-corrected chi connectivity index (χ1v) is 6.48. The second kappa shape index (κ2) is 4.09. The van der Waals surface area contributed by atoms with Crippen LogP contribution in [0.3, 0.4) is 0 Å². The van der Waals surface area contributed by atoms with Crippen LogP contribution in [0.2, 0.25) is 5.02 Å². The van der Waals surface area contributed by atoms with Crippen LogP contribution in [0.25, 0.3) is 0 Å². The maximum Gasteiger partial charge on any atom is 0.140 e. The van der Waals surface area contributed by atoms with E-state index in [2.05, 4.69) is 0 Å². The summed E-state index contributed by atoms with van der Waals surface area (Å²) in [7, 11) is 0. The Morgan fingerprint density at radius 1 is 1.29 bits per heavy atom. The number of carbonyl (C=O) groups excluding carboxylic acids is 1. The first kappa shape index (κ1) is 11.2. The highest BCUT2D eigenvalue weighted by molar-refractivity contribution is 6.31.